The molecule has 2 aromatic heterocycles. The van der Waals surface area contributed by atoms with E-state index in [0.717, 1.165) is 0 Å². The first-order valence-electron chi connectivity index (χ1n) is 4.46. The van der Waals surface area contributed by atoms with E-state index in [1.54, 1.807) is 28.3 Å². The molecule has 2 rings (SSSR count). The van der Waals surface area contributed by atoms with E-state index in [4.69, 9.17) is 0 Å². The van der Waals surface area contributed by atoms with E-state index in [0.29, 0.717) is 6.54 Å². The van der Waals surface area contributed by atoms with Crippen LogP contribution in [0.5, 0.6) is 0 Å². The lowest BCUT2D eigenvalue weighted by molar-refractivity contribution is 0.772. The van der Waals surface area contributed by atoms with E-state index >= 15 is 0 Å². The third-order valence-corrected chi connectivity index (χ3v) is 3.40. The predicted molar refractivity (Wildman–Crippen MR) is 57.9 cm³/mol. The zero-order chi connectivity index (χ0) is 10.1. The molecule has 0 spiro atoms. The monoisotopic (exact) mass is 208 g/mol. The van der Waals surface area contributed by atoms with Gasteiger partial charge in [-0.3, -0.25) is 4.57 Å². The molecule has 2 heterocycles. The number of hydrogen-bond acceptors (Lipinski definition) is 2. The lowest BCUT2D eigenvalue weighted by atomic mass is 10.3. The lowest BCUT2D eigenvalue weighted by Gasteiger charge is -1.95. The highest BCUT2D eigenvalue weighted by Gasteiger charge is 2.03. The molecule has 0 aromatic carbocycles. The molecule has 0 saturated carbocycles. The molecule has 0 fully saturated rings. The summed E-state index contributed by atoms with van der Waals surface area (Å²) in [7, 11) is 0. The van der Waals surface area contributed by atoms with Gasteiger partial charge in [-0.25, -0.2) is 4.79 Å². The second kappa shape index (κ2) is 3.46. The van der Waals surface area contributed by atoms with Crippen LogP contribution in [0.15, 0.2) is 23.3 Å². The highest BCUT2D eigenvalue weighted by molar-refractivity contribution is 7.12. The van der Waals surface area contributed by atoms with Gasteiger partial charge >= 0.3 is 5.69 Å². The molecule has 0 aliphatic rings. The number of H-pyrrole nitrogens is 1. The molecule has 3 nitrogen and oxygen atoms in total. The fraction of sp³-hybridized carbons (Fsp3) is 0.300. The number of imidazole rings is 1. The molecule has 14 heavy (non-hydrogen) atoms. The van der Waals surface area contributed by atoms with Gasteiger partial charge in [-0.2, -0.15) is 0 Å². The van der Waals surface area contributed by atoms with Crippen molar-refractivity contribution in [2.75, 3.05) is 0 Å². The average molecular weight is 208 g/mol. The van der Waals surface area contributed by atoms with E-state index in [9.17, 15) is 4.79 Å². The van der Waals surface area contributed by atoms with Crippen LogP contribution in [0.3, 0.4) is 0 Å². The van der Waals surface area contributed by atoms with Crippen LogP contribution in [0.4, 0.5) is 0 Å². The molecule has 2 aromatic rings. The van der Waals surface area contributed by atoms with E-state index in [1.165, 1.54) is 15.3 Å². The van der Waals surface area contributed by atoms with Crippen LogP contribution < -0.4 is 5.69 Å². The van der Waals surface area contributed by atoms with E-state index in [-0.39, 0.29) is 5.69 Å². The first kappa shape index (κ1) is 9.27. The normalized spacial score (nSPS) is 10.7. The quantitative estimate of drug-likeness (QED) is 0.804. The number of rotatable bonds is 2. The third-order valence-electron chi connectivity index (χ3n) is 2.27. The Labute approximate surface area is 86.0 Å². The fourth-order valence-corrected chi connectivity index (χ4v) is 2.42. The van der Waals surface area contributed by atoms with Crippen LogP contribution in [0.25, 0.3) is 0 Å². The van der Waals surface area contributed by atoms with Crippen molar-refractivity contribution in [2.45, 2.75) is 20.4 Å². The standard InChI is InChI=1S/C10H12N2OS/c1-7-5-9(14-8(7)2)6-12-4-3-11-10(12)13/h3-5H,6H2,1-2H3,(H,11,13). The summed E-state index contributed by atoms with van der Waals surface area (Å²) in [5.74, 6) is 0. The maximum absolute atomic E-state index is 11.2. The van der Waals surface area contributed by atoms with Crippen molar-refractivity contribution in [1.29, 1.82) is 0 Å². The molecule has 0 aliphatic carbocycles. The van der Waals surface area contributed by atoms with Gasteiger partial charge in [0.2, 0.25) is 0 Å². The SMILES string of the molecule is Cc1cc(Cn2cc[nH]c2=O)sc1C. The minimum Gasteiger partial charge on any atom is -0.313 e. The molecule has 0 bridgehead atoms. The van der Waals surface area contributed by atoms with E-state index in [2.05, 4.69) is 24.9 Å². The topological polar surface area (TPSA) is 37.8 Å². The molecule has 0 saturated heterocycles. The number of nitrogens with one attached hydrogen (secondary N) is 1. The first-order chi connectivity index (χ1) is 6.66. The summed E-state index contributed by atoms with van der Waals surface area (Å²) in [5, 5.41) is 0. The molecule has 0 radical (unpaired) electrons. The Morgan fingerprint density at radius 1 is 1.50 bits per heavy atom. The van der Waals surface area contributed by atoms with Crippen molar-refractivity contribution in [1.82, 2.24) is 9.55 Å². The van der Waals surface area contributed by atoms with Gasteiger partial charge in [0.25, 0.3) is 0 Å². The number of hydrogen-bond donors (Lipinski definition) is 1. The Bertz CT molecular complexity index is 473. The smallest absolute Gasteiger partial charge is 0.313 e. The lowest BCUT2D eigenvalue weighted by Crippen LogP contribution is -2.15. The number of nitrogens with zero attached hydrogens (tertiary/aromatic N) is 1. The zero-order valence-corrected chi connectivity index (χ0v) is 9.02. The van der Waals surface area contributed by atoms with Gasteiger partial charge < -0.3 is 4.98 Å². The van der Waals surface area contributed by atoms with Crippen LogP contribution in [0.2, 0.25) is 0 Å². The van der Waals surface area contributed by atoms with E-state index in [1.807, 2.05) is 0 Å². The molecular weight excluding hydrogens is 196 g/mol. The van der Waals surface area contributed by atoms with Gasteiger partial charge in [-0.1, -0.05) is 0 Å². The zero-order valence-electron chi connectivity index (χ0n) is 8.20. The summed E-state index contributed by atoms with van der Waals surface area (Å²) in [6, 6.07) is 2.14. The van der Waals surface area contributed by atoms with Crippen LogP contribution in [-0.4, -0.2) is 9.55 Å². The molecule has 4 heteroatoms. The summed E-state index contributed by atoms with van der Waals surface area (Å²) >= 11 is 1.75. The summed E-state index contributed by atoms with van der Waals surface area (Å²) in [6.45, 7) is 4.86. The van der Waals surface area contributed by atoms with Gasteiger partial charge in [-0.15, -0.1) is 11.3 Å². The molecule has 0 atom stereocenters. The molecule has 1 N–H and O–H groups in total. The average Bonchev–Trinajstić information content (AvgIpc) is 2.63. The van der Waals surface area contributed by atoms with Crippen LogP contribution in [-0.2, 0) is 6.54 Å². The summed E-state index contributed by atoms with van der Waals surface area (Å²) in [4.78, 5) is 16.4. The third kappa shape index (κ3) is 1.65. The Kier molecular flexibility index (Phi) is 2.29. The molecule has 74 valence electrons. The van der Waals surface area contributed by atoms with Crippen molar-refractivity contribution in [3.05, 3.63) is 44.3 Å². The van der Waals surface area contributed by atoms with Crippen molar-refractivity contribution in [3.63, 3.8) is 0 Å². The molecule has 0 unspecified atom stereocenters. The number of aromatic amines is 1. The van der Waals surface area contributed by atoms with Crippen molar-refractivity contribution in [3.8, 4) is 0 Å². The summed E-state index contributed by atoms with van der Waals surface area (Å²) in [5.41, 5.74) is 1.25. The molecular formula is C10H12N2OS. The molecule has 0 aliphatic heterocycles. The molecule has 0 amide bonds. The van der Waals surface area contributed by atoms with Gasteiger partial charge in [-0.05, 0) is 25.5 Å². The Hall–Kier alpha value is -1.29. The minimum atomic E-state index is -0.0475. The van der Waals surface area contributed by atoms with Crippen LogP contribution >= 0.6 is 11.3 Å². The summed E-state index contributed by atoms with van der Waals surface area (Å²) in [6.07, 6.45) is 3.43. The van der Waals surface area contributed by atoms with Crippen molar-refractivity contribution in [2.24, 2.45) is 0 Å². The Morgan fingerprint density at radius 3 is 2.79 bits per heavy atom. The minimum absolute atomic E-state index is 0.0475. The predicted octanol–water partition coefficient (Wildman–Crippen LogP) is 1.90. The Morgan fingerprint density at radius 2 is 2.29 bits per heavy atom. The number of aryl methyl sites for hydroxylation is 2. The first-order valence-corrected chi connectivity index (χ1v) is 5.28. The highest BCUT2D eigenvalue weighted by atomic mass is 32.1. The van der Waals surface area contributed by atoms with Crippen molar-refractivity contribution < 1.29 is 0 Å². The number of thiophene rings is 1. The van der Waals surface area contributed by atoms with Gasteiger partial charge in [0.15, 0.2) is 0 Å². The number of aromatic nitrogens is 2. The van der Waals surface area contributed by atoms with Crippen molar-refractivity contribution >= 4 is 11.3 Å². The second-order valence-corrected chi connectivity index (χ2v) is 4.69. The highest BCUT2D eigenvalue weighted by Crippen LogP contribution is 2.20. The van der Waals surface area contributed by atoms with Gasteiger partial charge in [0.1, 0.15) is 0 Å². The Balaban J connectivity index is 2.27. The second-order valence-electron chi connectivity index (χ2n) is 3.35. The van der Waals surface area contributed by atoms with Gasteiger partial charge in [0, 0.05) is 22.1 Å². The fourth-order valence-electron chi connectivity index (χ4n) is 1.37. The van der Waals surface area contributed by atoms with Gasteiger partial charge in [0.05, 0.1) is 6.54 Å². The van der Waals surface area contributed by atoms with Crippen LogP contribution in [0.1, 0.15) is 15.3 Å². The summed E-state index contributed by atoms with van der Waals surface area (Å²) < 4.78 is 1.67. The maximum Gasteiger partial charge on any atom is 0.325 e. The van der Waals surface area contributed by atoms with E-state index < -0.39 is 0 Å². The maximum atomic E-state index is 11.2. The largest absolute Gasteiger partial charge is 0.325 e. The van der Waals surface area contributed by atoms with Crippen LogP contribution in [0, 0.1) is 13.8 Å².